The molecule has 6 aromatic heterocycles. The number of nitrogens with zero attached hydrogens (tertiary/aromatic N) is 8. The van der Waals surface area contributed by atoms with Gasteiger partial charge in [-0.15, -0.1) is 0 Å². The third-order valence-corrected chi connectivity index (χ3v) is 9.63. The number of benzene rings is 4. The van der Waals surface area contributed by atoms with Gasteiger partial charge in [0, 0.05) is 51.6 Å². The first-order valence-corrected chi connectivity index (χ1v) is 18.2. The number of hydrogen-bond acceptors (Lipinski definition) is 8. The number of pyridine rings is 5. The highest BCUT2D eigenvalue weighted by atomic mass is 15.0. The van der Waals surface area contributed by atoms with Gasteiger partial charge in [0.05, 0.1) is 39.5 Å². The molecule has 0 saturated heterocycles. The molecule has 262 valence electrons. The van der Waals surface area contributed by atoms with Crippen LogP contribution in [0, 0.1) is 0 Å². The van der Waals surface area contributed by atoms with E-state index in [9.17, 15) is 0 Å². The van der Waals surface area contributed by atoms with E-state index in [1.54, 1.807) is 12.4 Å². The first kappa shape index (κ1) is 32.8. The summed E-state index contributed by atoms with van der Waals surface area (Å²) in [6.45, 7) is 0. The largest absolute Gasteiger partial charge is 0.255 e. The fourth-order valence-electron chi connectivity index (χ4n) is 6.88. The van der Waals surface area contributed by atoms with E-state index >= 15 is 0 Å². The molecule has 4 aromatic carbocycles. The highest BCUT2D eigenvalue weighted by molar-refractivity contribution is 6.03. The van der Waals surface area contributed by atoms with E-state index in [1.807, 2.05) is 109 Å². The molecule has 10 rings (SSSR count). The molecule has 8 nitrogen and oxygen atoms in total. The van der Waals surface area contributed by atoms with Gasteiger partial charge in [-0.2, -0.15) is 0 Å². The van der Waals surface area contributed by atoms with Gasteiger partial charge in [-0.1, -0.05) is 97.1 Å². The van der Waals surface area contributed by atoms with Gasteiger partial charge in [-0.05, 0) is 77.9 Å². The Balaban J connectivity index is 1.23. The lowest BCUT2D eigenvalue weighted by Crippen LogP contribution is -2.01. The zero-order valence-corrected chi connectivity index (χ0v) is 29.9. The van der Waals surface area contributed by atoms with E-state index in [1.165, 1.54) is 0 Å². The minimum atomic E-state index is 0.540. The molecule has 10 aromatic rings. The van der Waals surface area contributed by atoms with Crippen LogP contribution in [0.1, 0.15) is 0 Å². The second kappa shape index (κ2) is 14.2. The van der Waals surface area contributed by atoms with Crippen LogP contribution in [0.15, 0.2) is 182 Å². The SMILES string of the molecule is c1ccc(-c2nc(-c3ccccc3)nc(-c3cc(-c4cc(-c5ccccn5)nc(-c5ccccn5)c4)cc(-c4ccc5ccc6cccnc6c5n4)c3)n2)cc1. The minimum Gasteiger partial charge on any atom is -0.255 e. The Labute approximate surface area is 322 Å². The summed E-state index contributed by atoms with van der Waals surface area (Å²) in [6, 6.07) is 54.6. The summed E-state index contributed by atoms with van der Waals surface area (Å²) in [5.74, 6) is 1.71. The fourth-order valence-corrected chi connectivity index (χ4v) is 6.88. The van der Waals surface area contributed by atoms with Gasteiger partial charge in [0.2, 0.25) is 0 Å². The maximum atomic E-state index is 5.26. The molecule has 0 radical (unpaired) electrons. The van der Waals surface area contributed by atoms with E-state index < -0.39 is 0 Å². The van der Waals surface area contributed by atoms with Crippen molar-refractivity contribution in [1.82, 2.24) is 39.9 Å². The van der Waals surface area contributed by atoms with Gasteiger partial charge in [0.1, 0.15) is 0 Å². The van der Waals surface area contributed by atoms with E-state index in [2.05, 4.69) is 70.6 Å². The zero-order valence-electron chi connectivity index (χ0n) is 29.9. The van der Waals surface area contributed by atoms with Gasteiger partial charge in [0.25, 0.3) is 0 Å². The lowest BCUT2D eigenvalue weighted by Gasteiger charge is -2.14. The molecule has 8 heteroatoms. The predicted octanol–water partition coefficient (Wildman–Crippen LogP) is 10.8. The van der Waals surface area contributed by atoms with Crippen LogP contribution in [-0.2, 0) is 0 Å². The lowest BCUT2D eigenvalue weighted by atomic mass is 9.96. The maximum Gasteiger partial charge on any atom is 0.164 e. The topological polar surface area (TPSA) is 103 Å². The second-order valence-corrected chi connectivity index (χ2v) is 13.3. The normalized spacial score (nSPS) is 11.2. The molecule has 0 fully saturated rings. The van der Waals surface area contributed by atoms with Crippen LogP contribution in [0.4, 0.5) is 0 Å². The number of rotatable bonds is 7. The monoisotopic (exact) mass is 718 g/mol. The molecule has 0 aliphatic rings. The highest BCUT2D eigenvalue weighted by Gasteiger charge is 2.17. The Hall–Kier alpha value is -7.84. The summed E-state index contributed by atoms with van der Waals surface area (Å²) in [7, 11) is 0. The predicted molar refractivity (Wildman–Crippen MR) is 222 cm³/mol. The van der Waals surface area contributed by atoms with Gasteiger partial charge < -0.3 is 0 Å². The summed E-state index contributed by atoms with van der Waals surface area (Å²) in [5, 5.41) is 2.05. The average molecular weight is 719 g/mol. The van der Waals surface area contributed by atoms with Gasteiger partial charge in [0.15, 0.2) is 17.5 Å². The average Bonchev–Trinajstić information content (AvgIpc) is 3.29. The molecule has 0 saturated carbocycles. The van der Waals surface area contributed by atoms with Crippen LogP contribution in [0.3, 0.4) is 0 Å². The smallest absolute Gasteiger partial charge is 0.164 e. The van der Waals surface area contributed by atoms with Crippen LogP contribution >= 0.6 is 0 Å². The van der Waals surface area contributed by atoms with Crippen molar-refractivity contribution in [3.63, 3.8) is 0 Å². The second-order valence-electron chi connectivity index (χ2n) is 13.3. The van der Waals surface area contributed by atoms with Crippen molar-refractivity contribution >= 4 is 21.8 Å². The van der Waals surface area contributed by atoms with E-state index in [0.717, 1.165) is 83.7 Å². The maximum absolute atomic E-state index is 5.26. The van der Waals surface area contributed by atoms with Gasteiger partial charge in [-0.3, -0.25) is 15.0 Å². The summed E-state index contributed by atoms with van der Waals surface area (Å²) in [5.41, 5.74) is 10.8. The number of aromatic nitrogens is 8. The third-order valence-electron chi connectivity index (χ3n) is 9.63. The fraction of sp³-hybridized carbons (Fsp3) is 0. The molecule has 0 atom stereocenters. The Morgan fingerprint density at radius 3 is 1.36 bits per heavy atom. The van der Waals surface area contributed by atoms with Crippen LogP contribution in [0.25, 0.3) is 101 Å². The first-order valence-electron chi connectivity index (χ1n) is 18.2. The zero-order chi connectivity index (χ0) is 37.3. The molecule has 6 heterocycles. The molecule has 0 N–H and O–H groups in total. The molecule has 0 aliphatic carbocycles. The van der Waals surface area contributed by atoms with E-state index in [-0.39, 0.29) is 0 Å². The molecule has 0 spiro atoms. The summed E-state index contributed by atoms with van der Waals surface area (Å²) < 4.78 is 0. The number of fused-ring (bicyclic) bond motifs is 3. The minimum absolute atomic E-state index is 0.540. The van der Waals surface area contributed by atoms with Gasteiger partial charge in [-0.25, -0.2) is 24.9 Å². The van der Waals surface area contributed by atoms with Crippen molar-refractivity contribution in [2.45, 2.75) is 0 Å². The Morgan fingerprint density at radius 2 is 0.750 bits per heavy atom. The molecule has 0 aliphatic heterocycles. The molecular formula is C48H30N8. The Kier molecular flexibility index (Phi) is 8.31. The van der Waals surface area contributed by atoms with Crippen molar-refractivity contribution < 1.29 is 0 Å². The van der Waals surface area contributed by atoms with Crippen molar-refractivity contribution in [2.24, 2.45) is 0 Å². The van der Waals surface area contributed by atoms with E-state index in [0.29, 0.717) is 17.5 Å². The first-order chi connectivity index (χ1) is 27.7. The van der Waals surface area contributed by atoms with Crippen LogP contribution in [-0.4, -0.2) is 39.9 Å². The van der Waals surface area contributed by atoms with Crippen LogP contribution in [0.5, 0.6) is 0 Å². The Bertz CT molecular complexity index is 2750. The lowest BCUT2D eigenvalue weighted by molar-refractivity contribution is 1.07. The quantitative estimate of drug-likeness (QED) is 0.150. The van der Waals surface area contributed by atoms with Crippen molar-refractivity contribution in [2.75, 3.05) is 0 Å². The van der Waals surface area contributed by atoms with Crippen molar-refractivity contribution in [3.05, 3.63) is 182 Å². The van der Waals surface area contributed by atoms with Crippen molar-refractivity contribution in [1.29, 1.82) is 0 Å². The van der Waals surface area contributed by atoms with Crippen LogP contribution < -0.4 is 0 Å². The summed E-state index contributed by atoms with van der Waals surface area (Å²) in [6.07, 6.45) is 5.37. The third kappa shape index (κ3) is 6.41. The standard InChI is InChI=1S/C48H30N8/c1-3-12-33(13-4-1)46-54-47(34-14-5-2-6-15-34)56-48(55-46)38-27-35(26-37(28-38)39-22-21-32-20-19-31-16-11-25-51-44(31)45(32)53-39)36-29-42(40-17-7-9-23-49-40)52-43(30-36)41-18-8-10-24-50-41/h1-30H. The summed E-state index contributed by atoms with van der Waals surface area (Å²) >= 11 is 0. The van der Waals surface area contributed by atoms with E-state index in [4.69, 9.17) is 29.9 Å². The molecule has 56 heavy (non-hydrogen) atoms. The highest BCUT2D eigenvalue weighted by Crippen LogP contribution is 2.36. The molecule has 0 amide bonds. The van der Waals surface area contributed by atoms with Gasteiger partial charge >= 0.3 is 0 Å². The molecule has 0 unspecified atom stereocenters. The van der Waals surface area contributed by atoms with Crippen molar-refractivity contribution in [3.8, 4) is 79.3 Å². The molecule has 0 bridgehead atoms. The summed E-state index contributed by atoms with van der Waals surface area (Å²) in [4.78, 5) is 39.5. The van der Waals surface area contributed by atoms with Crippen LogP contribution in [0.2, 0.25) is 0 Å². The molecular weight excluding hydrogens is 689 g/mol. The Morgan fingerprint density at radius 1 is 0.250 bits per heavy atom. The number of hydrogen-bond donors (Lipinski definition) is 0.